The second-order valence-corrected chi connectivity index (χ2v) is 0.289. The van der Waals surface area contributed by atoms with E-state index in [2.05, 4.69) is 0 Å². The normalized spacial score (nSPS) is 5.40. The van der Waals surface area contributed by atoms with Gasteiger partial charge in [-0.1, -0.05) is 0 Å². The molecule has 0 aromatic carbocycles. The van der Waals surface area contributed by atoms with E-state index in [1.54, 1.807) is 0 Å². The molecule has 0 heterocycles. The molecule has 3 nitrogen and oxygen atoms in total. The number of hydrogen-bond donors (Lipinski definition) is 0. The Bertz CT molecular complexity index is 17.7. The zero-order valence-corrected chi connectivity index (χ0v) is 8.01. The molecule has 5 heteroatoms. The van der Waals surface area contributed by atoms with Crippen LogP contribution in [0, 0.1) is 0 Å². The molecule has 0 aliphatic heterocycles. The van der Waals surface area contributed by atoms with E-state index in [0.29, 0.717) is 0 Å². The molecule has 0 atom stereocenters. The van der Waals surface area contributed by atoms with E-state index in [-0.39, 0.29) is 30.5 Å². The van der Waals surface area contributed by atoms with Gasteiger partial charge >= 0.3 is 30.5 Å². The Labute approximate surface area is 53.3 Å². The molecule has 5 heavy (non-hydrogen) atoms. The molecule has 0 rings (SSSR count). The summed E-state index contributed by atoms with van der Waals surface area (Å²) in [6.45, 7) is 0. The van der Waals surface area contributed by atoms with Gasteiger partial charge in [-0.25, -0.2) is 0 Å². The molecule has 24 valence electrons. The number of hydrogen-bond acceptors (Lipinski definition) is 3. The van der Waals surface area contributed by atoms with Crippen molar-refractivity contribution in [1.29, 1.82) is 0 Å². The molecule has 0 aliphatic carbocycles. The predicted octanol–water partition coefficient (Wildman–Crippen LogP) is -3.73. The Balaban J connectivity index is -0.0000000150. The van der Waals surface area contributed by atoms with Crippen LogP contribution in [-0.2, 0) is 27.7 Å². The second kappa shape index (κ2) is 4.88. The minimum Gasteiger partial charge on any atom is -0.907 e. The fraction of sp³-hybridized carbons (Fsp3) is 0. The van der Waals surface area contributed by atoms with Crippen LogP contribution < -0.4 is 15.1 Å². The summed E-state index contributed by atoms with van der Waals surface area (Å²) in [7, 11) is -2.92. The minimum atomic E-state index is -2.92. The van der Waals surface area contributed by atoms with Crippen molar-refractivity contribution in [3.63, 3.8) is 0 Å². The average molecular weight is 261 g/mol. The Hall–Kier alpha value is 0.880. The van der Waals surface area contributed by atoms with Crippen molar-refractivity contribution >= 4 is 7.32 Å². The van der Waals surface area contributed by atoms with E-state index < -0.39 is 7.32 Å². The Morgan fingerprint density at radius 2 is 1.20 bits per heavy atom. The Morgan fingerprint density at radius 1 is 1.20 bits per heavy atom. The van der Waals surface area contributed by atoms with E-state index in [4.69, 9.17) is 15.1 Å². The summed E-state index contributed by atoms with van der Waals surface area (Å²) in [4.78, 5) is 0. The van der Waals surface area contributed by atoms with Gasteiger partial charge in [0, 0.05) is 0 Å². The van der Waals surface area contributed by atoms with Crippen molar-refractivity contribution in [2.24, 2.45) is 0 Å². The van der Waals surface area contributed by atoms with Crippen molar-refractivity contribution in [3.8, 4) is 0 Å². The van der Waals surface area contributed by atoms with Gasteiger partial charge in [-0.2, -0.15) is 0 Å². The summed E-state index contributed by atoms with van der Waals surface area (Å²) < 4.78 is 0. The van der Waals surface area contributed by atoms with Gasteiger partial charge in [0.05, 0.1) is 0 Å². The van der Waals surface area contributed by atoms with Crippen LogP contribution in [-0.4, -0.2) is 7.32 Å². The fourth-order valence-electron chi connectivity index (χ4n) is 0. The topological polar surface area (TPSA) is 69.2 Å². The monoisotopic (exact) mass is 263 g/mol. The summed E-state index contributed by atoms with van der Waals surface area (Å²) in [6.07, 6.45) is 0. The molecule has 0 amide bonds. The summed E-state index contributed by atoms with van der Waals surface area (Å²) in [5.74, 6) is 0. The Morgan fingerprint density at radius 3 is 1.20 bits per heavy atom. The largest absolute Gasteiger partial charge is 2.00 e. The maximum atomic E-state index is 8.42. The third-order valence-electron chi connectivity index (χ3n) is 0. The molecular formula is H2BHgO3+. The maximum absolute atomic E-state index is 8.42. The maximum Gasteiger partial charge on any atom is 2.00 e. The minimum absolute atomic E-state index is 0. The van der Waals surface area contributed by atoms with Crippen LogP contribution in [0.1, 0.15) is 2.85 Å². The zero-order chi connectivity index (χ0) is 3.58. The molecule has 0 radical (unpaired) electrons. The fourth-order valence-corrected chi connectivity index (χ4v) is 0. The first-order chi connectivity index (χ1) is 1.73. The van der Waals surface area contributed by atoms with Crippen LogP contribution in [0.3, 0.4) is 0 Å². The molecule has 0 N–H and O–H groups in total. The van der Waals surface area contributed by atoms with Crippen LogP contribution in [0.2, 0.25) is 0 Å². The first-order valence-electron chi connectivity index (χ1n) is 0.707. The first kappa shape index (κ1) is 9.30. The first-order valence-corrected chi connectivity index (χ1v) is 0.707. The molecule has 0 spiro atoms. The van der Waals surface area contributed by atoms with Crippen molar-refractivity contribution in [3.05, 3.63) is 0 Å². The van der Waals surface area contributed by atoms with Crippen LogP contribution in [0.5, 0.6) is 0 Å². The molecule has 0 fully saturated rings. The standard InChI is InChI=1S/BO3.Hg/c2-1(3)4;/q-3;+2/p+2. The Kier molecular flexibility index (Phi) is 9.08. The van der Waals surface area contributed by atoms with Gasteiger partial charge in [0.25, 0.3) is 0 Å². The smallest absolute Gasteiger partial charge is 0.907 e. The van der Waals surface area contributed by atoms with Gasteiger partial charge in [-0.05, 0) is 0 Å². The summed E-state index contributed by atoms with van der Waals surface area (Å²) in [6, 6.07) is 0. The molecule has 0 bridgehead atoms. The van der Waals surface area contributed by atoms with Crippen LogP contribution in [0.15, 0.2) is 0 Å². The van der Waals surface area contributed by atoms with E-state index in [1.165, 1.54) is 0 Å². The molecule has 0 unspecified atom stereocenters. The molecule has 0 aliphatic rings. The van der Waals surface area contributed by atoms with Crippen molar-refractivity contribution in [1.82, 2.24) is 0 Å². The van der Waals surface area contributed by atoms with Crippen LogP contribution >= 0.6 is 0 Å². The van der Waals surface area contributed by atoms with E-state index >= 15 is 0 Å². The third kappa shape index (κ3) is 52.3. The van der Waals surface area contributed by atoms with E-state index in [1.807, 2.05) is 0 Å². The third-order valence-corrected chi connectivity index (χ3v) is 0. The van der Waals surface area contributed by atoms with Gasteiger partial charge in [-0.3, -0.25) is 7.32 Å². The summed E-state index contributed by atoms with van der Waals surface area (Å²) in [5, 5.41) is 25.2. The van der Waals surface area contributed by atoms with Crippen molar-refractivity contribution in [2.45, 2.75) is 0 Å². The molecule has 0 aromatic heterocycles. The van der Waals surface area contributed by atoms with Crippen molar-refractivity contribution in [2.75, 3.05) is 0 Å². The molecule has 0 saturated heterocycles. The number of rotatable bonds is 0. The molecular weight excluding hydrogens is 259 g/mol. The van der Waals surface area contributed by atoms with Crippen LogP contribution in [0.25, 0.3) is 0 Å². The van der Waals surface area contributed by atoms with Gasteiger partial charge in [-0.15, -0.1) is 0 Å². The quantitative estimate of drug-likeness (QED) is 0.421. The summed E-state index contributed by atoms with van der Waals surface area (Å²) >= 11 is 0. The van der Waals surface area contributed by atoms with Gasteiger partial charge in [0.1, 0.15) is 0 Å². The zero-order valence-electron chi connectivity index (χ0n) is 4.51. The van der Waals surface area contributed by atoms with Gasteiger partial charge in [0.2, 0.25) is 0 Å². The van der Waals surface area contributed by atoms with E-state index in [9.17, 15) is 0 Å². The van der Waals surface area contributed by atoms with Crippen molar-refractivity contribution < 1.29 is 45.6 Å². The van der Waals surface area contributed by atoms with Gasteiger partial charge in [0.15, 0.2) is 0 Å². The summed E-state index contributed by atoms with van der Waals surface area (Å²) in [5.41, 5.74) is 0. The van der Waals surface area contributed by atoms with Crippen LogP contribution in [0.4, 0.5) is 0 Å². The SMILES string of the molecule is [H+].[H+].[Hg+2].[O-]B([O-])[O-]. The molecule has 0 saturated carbocycles. The average Bonchev–Trinajstić information content (AvgIpc) is 0.811. The molecule has 0 aromatic rings. The predicted molar refractivity (Wildman–Crippen MR) is 7.98 cm³/mol. The van der Waals surface area contributed by atoms with E-state index in [0.717, 1.165) is 0 Å². The van der Waals surface area contributed by atoms with Gasteiger partial charge < -0.3 is 15.1 Å². The second-order valence-electron chi connectivity index (χ2n) is 0.289.